The molecular weight excluding hydrogens is 255 g/mol. The number of sulfonamides is 1. The molecule has 1 aromatic rings. The molecule has 0 bridgehead atoms. The SMILES string of the molecule is Cc1cc(S(=O)(=O)N2CCCC2CN)ccc1F. The second-order valence-corrected chi connectivity index (χ2v) is 6.45. The molecule has 1 unspecified atom stereocenters. The lowest BCUT2D eigenvalue weighted by atomic mass is 10.2. The van der Waals surface area contributed by atoms with Crippen molar-refractivity contribution in [2.24, 2.45) is 5.73 Å². The number of benzene rings is 1. The van der Waals surface area contributed by atoms with E-state index in [4.69, 9.17) is 5.73 Å². The van der Waals surface area contributed by atoms with E-state index in [2.05, 4.69) is 0 Å². The topological polar surface area (TPSA) is 63.4 Å². The van der Waals surface area contributed by atoms with Crippen molar-refractivity contribution in [3.63, 3.8) is 0 Å². The molecular formula is C12H17FN2O2S. The average molecular weight is 272 g/mol. The van der Waals surface area contributed by atoms with Gasteiger partial charge in [0, 0.05) is 19.1 Å². The second kappa shape index (κ2) is 4.95. The Hall–Kier alpha value is -0.980. The average Bonchev–Trinajstić information content (AvgIpc) is 2.81. The van der Waals surface area contributed by atoms with E-state index in [1.807, 2.05) is 0 Å². The molecule has 0 saturated carbocycles. The molecule has 1 aliphatic heterocycles. The van der Waals surface area contributed by atoms with Crippen LogP contribution in [0.4, 0.5) is 4.39 Å². The zero-order valence-electron chi connectivity index (χ0n) is 10.3. The fourth-order valence-corrected chi connectivity index (χ4v) is 4.06. The van der Waals surface area contributed by atoms with Gasteiger partial charge >= 0.3 is 0 Å². The summed E-state index contributed by atoms with van der Waals surface area (Å²) in [6.07, 6.45) is 1.61. The van der Waals surface area contributed by atoms with Crippen molar-refractivity contribution in [1.29, 1.82) is 0 Å². The van der Waals surface area contributed by atoms with Gasteiger partial charge in [0.2, 0.25) is 10.0 Å². The number of hydrogen-bond acceptors (Lipinski definition) is 3. The molecule has 1 heterocycles. The molecule has 0 spiro atoms. The monoisotopic (exact) mass is 272 g/mol. The van der Waals surface area contributed by atoms with Crippen molar-refractivity contribution in [3.8, 4) is 0 Å². The Labute approximate surface area is 107 Å². The van der Waals surface area contributed by atoms with Crippen LogP contribution in [-0.4, -0.2) is 31.9 Å². The van der Waals surface area contributed by atoms with Crippen molar-refractivity contribution < 1.29 is 12.8 Å². The lowest BCUT2D eigenvalue weighted by Crippen LogP contribution is -2.39. The Balaban J connectivity index is 2.38. The minimum absolute atomic E-state index is 0.139. The maximum absolute atomic E-state index is 13.2. The van der Waals surface area contributed by atoms with Gasteiger partial charge in [0.05, 0.1) is 4.90 Å². The fourth-order valence-electron chi connectivity index (χ4n) is 2.27. The van der Waals surface area contributed by atoms with Gasteiger partial charge in [0.1, 0.15) is 5.82 Å². The molecule has 1 aliphatic rings. The van der Waals surface area contributed by atoms with Crippen LogP contribution >= 0.6 is 0 Å². The van der Waals surface area contributed by atoms with Crippen LogP contribution in [-0.2, 0) is 10.0 Å². The molecule has 0 aliphatic carbocycles. The molecule has 18 heavy (non-hydrogen) atoms. The highest BCUT2D eigenvalue weighted by Gasteiger charge is 2.34. The van der Waals surface area contributed by atoms with E-state index < -0.39 is 15.8 Å². The van der Waals surface area contributed by atoms with Gasteiger partial charge in [-0.15, -0.1) is 0 Å². The number of aryl methyl sites for hydroxylation is 1. The second-order valence-electron chi connectivity index (χ2n) is 4.56. The first-order chi connectivity index (χ1) is 8.46. The van der Waals surface area contributed by atoms with Crippen LogP contribution < -0.4 is 5.73 Å². The van der Waals surface area contributed by atoms with Gasteiger partial charge in [0.25, 0.3) is 0 Å². The molecule has 6 heteroatoms. The summed E-state index contributed by atoms with van der Waals surface area (Å²) in [6.45, 7) is 2.36. The van der Waals surface area contributed by atoms with Gasteiger partial charge in [-0.25, -0.2) is 12.8 Å². The van der Waals surface area contributed by atoms with Gasteiger partial charge in [-0.1, -0.05) is 0 Å². The summed E-state index contributed by atoms with van der Waals surface area (Å²) in [5.74, 6) is -0.397. The number of nitrogens with two attached hydrogens (primary N) is 1. The predicted octanol–water partition coefficient (Wildman–Crippen LogP) is 1.25. The van der Waals surface area contributed by atoms with Crippen LogP contribution in [0, 0.1) is 12.7 Å². The van der Waals surface area contributed by atoms with Crippen LogP contribution in [0.2, 0.25) is 0 Å². The van der Waals surface area contributed by atoms with E-state index >= 15 is 0 Å². The van der Waals surface area contributed by atoms with Gasteiger partial charge in [-0.05, 0) is 43.5 Å². The van der Waals surface area contributed by atoms with E-state index in [-0.39, 0.29) is 10.9 Å². The molecule has 0 radical (unpaired) electrons. The van der Waals surface area contributed by atoms with Crippen LogP contribution in [0.15, 0.2) is 23.1 Å². The minimum Gasteiger partial charge on any atom is -0.329 e. The van der Waals surface area contributed by atoms with E-state index in [9.17, 15) is 12.8 Å². The highest BCUT2D eigenvalue weighted by molar-refractivity contribution is 7.89. The van der Waals surface area contributed by atoms with E-state index in [0.717, 1.165) is 12.8 Å². The quantitative estimate of drug-likeness (QED) is 0.900. The van der Waals surface area contributed by atoms with Gasteiger partial charge in [0.15, 0.2) is 0 Å². The molecule has 2 rings (SSSR count). The molecule has 4 nitrogen and oxygen atoms in total. The van der Waals surface area contributed by atoms with Crippen LogP contribution in [0.3, 0.4) is 0 Å². The first-order valence-electron chi connectivity index (χ1n) is 5.95. The molecule has 2 N–H and O–H groups in total. The first kappa shape index (κ1) is 13.5. The van der Waals surface area contributed by atoms with Crippen molar-refractivity contribution in [3.05, 3.63) is 29.6 Å². The normalized spacial score (nSPS) is 21.4. The van der Waals surface area contributed by atoms with Crippen LogP contribution in [0.25, 0.3) is 0 Å². The first-order valence-corrected chi connectivity index (χ1v) is 7.39. The summed E-state index contributed by atoms with van der Waals surface area (Å²) in [5.41, 5.74) is 5.92. The Morgan fingerprint density at radius 1 is 1.50 bits per heavy atom. The molecule has 0 amide bonds. The molecule has 1 fully saturated rings. The third kappa shape index (κ3) is 2.28. The summed E-state index contributed by atoms with van der Waals surface area (Å²) < 4.78 is 39.4. The van der Waals surface area contributed by atoms with Crippen molar-refractivity contribution in [2.45, 2.75) is 30.7 Å². The molecule has 0 aromatic heterocycles. The molecule has 100 valence electrons. The molecule has 1 saturated heterocycles. The smallest absolute Gasteiger partial charge is 0.243 e. The Bertz CT molecular complexity index is 545. The number of hydrogen-bond donors (Lipinski definition) is 1. The lowest BCUT2D eigenvalue weighted by molar-refractivity contribution is 0.393. The van der Waals surface area contributed by atoms with Gasteiger partial charge < -0.3 is 5.73 Å². The fraction of sp³-hybridized carbons (Fsp3) is 0.500. The molecule has 1 atom stereocenters. The Morgan fingerprint density at radius 3 is 2.83 bits per heavy atom. The largest absolute Gasteiger partial charge is 0.329 e. The van der Waals surface area contributed by atoms with Gasteiger partial charge in [-0.3, -0.25) is 0 Å². The zero-order valence-corrected chi connectivity index (χ0v) is 11.1. The Morgan fingerprint density at radius 2 is 2.22 bits per heavy atom. The third-order valence-corrected chi connectivity index (χ3v) is 5.28. The zero-order chi connectivity index (χ0) is 13.3. The van der Waals surface area contributed by atoms with Crippen molar-refractivity contribution in [1.82, 2.24) is 4.31 Å². The third-order valence-electron chi connectivity index (χ3n) is 3.33. The lowest BCUT2D eigenvalue weighted by Gasteiger charge is -2.23. The summed E-state index contributed by atoms with van der Waals surface area (Å²) in [4.78, 5) is 0.141. The number of rotatable bonds is 3. The Kier molecular flexibility index (Phi) is 3.70. The summed E-state index contributed by atoms with van der Waals surface area (Å²) in [7, 11) is -3.55. The standard InChI is InChI=1S/C12H17FN2O2S/c1-9-7-11(4-5-12(9)13)18(16,17)15-6-2-3-10(15)8-14/h4-5,7,10H,2-3,6,8,14H2,1H3. The molecule has 1 aromatic carbocycles. The number of nitrogens with zero attached hydrogens (tertiary/aromatic N) is 1. The van der Waals surface area contributed by atoms with Gasteiger partial charge in [-0.2, -0.15) is 4.31 Å². The van der Waals surface area contributed by atoms with E-state index in [1.165, 1.54) is 22.5 Å². The van der Waals surface area contributed by atoms with Crippen LogP contribution in [0.1, 0.15) is 18.4 Å². The van der Waals surface area contributed by atoms with Crippen LogP contribution in [0.5, 0.6) is 0 Å². The summed E-state index contributed by atoms with van der Waals surface area (Å²) in [5, 5.41) is 0. The maximum Gasteiger partial charge on any atom is 0.243 e. The van der Waals surface area contributed by atoms with E-state index in [0.29, 0.717) is 18.7 Å². The highest BCUT2D eigenvalue weighted by atomic mass is 32.2. The van der Waals surface area contributed by atoms with E-state index in [1.54, 1.807) is 6.92 Å². The maximum atomic E-state index is 13.2. The highest BCUT2D eigenvalue weighted by Crippen LogP contribution is 2.26. The van der Waals surface area contributed by atoms with Crippen molar-refractivity contribution in [2.75, 3.05) is 13.1 Å². The summed E-state index contributed by atoms with van der Waals surface area (Å²) >= 11 is 0. The minimum atomic E-state index is -3.55. The van der Waals surface area contributed by atoms with Crippen molar-refractivity contribution >= 4 is 10.0 Å². The predicted molar refractivity (Wildman–Crippen MR) is 67.1 cm³/mol. The number of halogens is 1. The summed E-state index contributed by atoms with van der Waals surface area (Å²) in [6, 6.07) is 3.73.